The molecule has 102 valence electrons. The van der Waals surface area contributed by atoms with E-state index >= 15 is 0 Å². The monoisotopic (exact) mass is 270 g/mol. The molecule has 1 aromatic rings. The highest BCUT2D eigenvalue weighted by Crippen LogP contribution is 2.35. The molecule has 4 nitrogen and oxygen atoms in total. The predicted octanol–water partition coefficient (Wildman–Crippen LogP) is 2.16. The first-order valence-electron chi connectivity index (χ1n) is 6.57. The van der Waals surface area contributed by atoms with E-state index < -0.39 is 5.60 Å². The van der Waals surface area contributed by atoms with Crippen LogP contribution in [-0.4, -0.2) is 36.4 Å². The van der Waals surface area contributed by atoms with Crippen molar-refractivity contribution >= 4 is 16.5 Å². The van der Waals surface area contributed by atoms with Gasteiger partial charge in [-0.25, -0.2) is 4.98 Å². The Kier molecular flexibility index (Phi) is 4.25. The van der Waals surface area contributed by atoms with Crippen LogP contribution in [0.4, 0.5) is 5.13 Å². The molecule has 2 rings (SSSR count). The van der Waals surface area contributed by atoms with Crippen LogP contribution in [0.1, 0.15) is 37.8 Å². The van der Waals surface area contributed by atoms with Gasteiger partial charge in [0.15, 0.2) is 5.13 Å². The van der Waals surface area contributed by atoms with E-state index in [9.17, 15) is 5.11 Å². The maximum absolute atomic E-state index is 10.2. The number of thiazole rings is 1. The summed E-state index contributed by atoms with van der Waals surface area (Å²) >= 11 is 1.62. The quantitative estimate of drug-likeness (QED) is 0.910. The van der Waals surface area contributed by atoms with E-state index in [4.69, 9.17) is 9.72 Å². The minimum Gasteiger partial charge on any atom is -0.385 e. The maximum Gasteiger partial charge on any atom is 0.186 e. The second-order valence-electron chi connectivity index (χ2n) is 5.18. The second-order valence-corrected chi connectivity index (χ2v) is 6.16. The lowest BCUT2D eigenvalue weighted by molar-refractivity contribution is 0.0813. The van der Waals surface area contributed by atoms with Crippen LogP contribution in [-0.2, 0) is 16.8 Å². The Bertz CT molecular complexity index is 392. The summed E-state index contributed by atoms with van der Waals surface area (Å²) in [4.78, 5) is 7.98. The number of aromatic nitrogens is 1. The number of aryl methyl sites for hydroxylation is 1. The van der Waals surface area contributed by atoms with Crippen molar-refractivity contribution in [3.05, 3.63) is 10.6 Å². The molecule has 1 aliphatic heterocycles. The third kappa shape index (κ3) is 3.02. The molecule has 0 saturated carbocycles. The van der Waals surface area contributed by atoms with Gasteiger partial charge in [0.25, 0.3) is 0 Å². The number of ether oxygens (including phenoxy) is 1. The Morgan fingerprint density at radius 2 is 2.06 bits per heavy atom. The zero-order valence-electron chi connectivity index (χ0n) is 11.4. The lowest BCUT2D eigenvalue weighted by Crippen LogP contribution is -2.36. The second kappa shape index (κ2) is 5.55. The Labute approximate surface area is 113 Å². The molecule has 0 unspecified atom stereocenters. The van der Waals surface area contributed by atoms with Gasteiger partial charge in [0.05, 0.1) is 29.4 Å². The summed E-state index contributed by atoms with van der Waals surface area (Å²) in [5.41, 5.74) is 0.253. The summed E-state index contributed by atoms with van der Waals surface area (Å²) in [6.45, 7) is 9.13. The van der Waals surface area contributed by atoms with Crippen LogP contribution in [0.3, 0.4) is 0 Å². The average molecular weight is 270 g/mol. The van der Waals surface area contributed by atoms with Crippen LogP contribution in [0.2, 0.25) is 0 Å². The minimum absolute atomic E-state index is 0.764. The van der Waals surface area contributed by atoms with Crippen LogP contribution in [0.25, 0.3) is 0 Å². The number of hydrogen-bond donors (Lipinski definition) is 1. The maximum atomic E-state index is 10.2. The summed E-state index contributed by atoms with van der Waals surface area (Å²) < 4.78 is 5.36. The number of rotatable bonds is 4. The third-order valence-electron chi connectivity index (χ3n) is 3.01. The lowest BCUT2D eigenvalue weighted by Gasteiger charge is -2.26. The van der Waals surface area contributed by atoms with E-state index in [0.717, 1.165) is 54.8 Å². The van der Waals surface area contributed by atoms with Crippen molar-refractivity contribution in [2.45, 2.75) is 39.2 Å². The van der Waals surface area contributed by atoms with Gasteiger partial charge >= 0.3 is 0 Å². The smallest absolute Gasteiger partial charge is 0.186 e. The number of morpholine rings is 1. The largest absolute Gasteiger partial charge is 0.385 e. The molecule has 0 amide bonds. The molecule has 5 heteroatoms. The van der Waals surface area contributed by atoms with E-state index in [2.05, 4.69) is 11.8 Å². The zero-order chi connectivity index (χ0) is 13.2. The Balaban J connectivity index is 2.26. The van der Waals surface area contributed by atoms with Crippen molar-refractivity contribution in [2.24, 2.45) is 0 Å². The third-order valence-corrected chi connectivity index (χ3v) is 4.48. The van der Waals surface area contributed by atoms with Crippen LogP contribution >= 0.6 is 11.3 Å². The van der Waals surface area contributed by atoms with Crippen LogP contribution in [0, 0.1) is 0 Å². The van der Waals surface area contributed by atoms with Gasteiger partial charge in [0.2, 0.25) is 0 Å². The molecular weight excluding hydrogens is 248 g/mol. The number of aliphatic hydroxyl groups is 1. The van der Waals surface area contributed by atoms with E-state index in [1.54, 1.807) is 11.3 Å². The Morgan fingerprint density at radius 1 is 1.39 bits per heavy atom. The normalized spacial score (nSPS) is 17.2. The highest BCUT2D eigenvalue weighted by molar-refractivity contribution is 7.15. The summed E-state index contributed by atoms with van der Waals surface area (Å²) in [6.07, 6.45) is 1.98. The highest BCUT2D eigenvalue weighted by Gasteiger charge is 2.26. The van der Waals surface area contributed by atoms with Gasteiger partial charge < -0.3 is 14.7 Å². The molecule has 0 aliphatic carbocycles. The SMILES string of the molecule is CCCc1nc(N2CCOCC2)sc1C(C)(C)O. The number of anilines is 1. The van der Waals surface area contributed by atoms with E-state index in [1.807, 2.05) is 13.8 Å². The summed E-state index contributed by atoms with van der Waals surface area (Å²) in [6, 6.07) is 0. The van der Waals surface area contributed by atoms with Gasteiger partial charge in [-0.2, -0.15) is 0 Å². The molecule has 1 N–H and O–H groups in total. The molecule has 18 heavy (non-hydrogen) atoms. The van der Waals surface area contributed by atoms with Crippen LogP contribution < -0.4 is 4.90 Å². The minimum atomic E-state index is -0.799. The molecule has 1 aromatic heterocycles. The van der Waals surface area contributed by atoms with Gasteiger partial charge in [-0.1, -0.05) is 24.7 Å². The summed E-state index contributed by atoms with van der Waals surface area (Å²) in [5, 5.41) is 11.3. The van der Waals surface area contributed by atoms with Crippen LogP contribution in [0.5, 0.6) is 0 Å². The molecule has 0 spiro atoms. The van der Waals surface area contributed by atoms with Crippen molar-refractivity contribution in [3.63, 3.8) is 0 Å². The fourth-order valence-electron chi connectivity index (χ4n) is 2.11. The number of nitrogens with zero attached hydrogens (tertiary/aromatic N) is 2. The van der Waals surface area contributed by atoms with Gasteiger partial charge in [0, 0.05) is 13.1 Å². The van der Waals surface area contributed by atoms with Crippen LogP contribution in [0.15, 0.2) is 0 Å². The lowest BCUT2D eigenvalue weighted by atomic mass is 10.0. The topological polar surface area (TPSA) is 45.6 Å². The molecule has 0 atom stereocenters. The van der Waals surface area contributed by atoms with E-state index in [0.29, 0.717) is 0 Å². The fourth-order valence-corrected chi connectivity index (χ4v) is 3.28. The summed E-state index contributed by atoms with van der Waals surface area (Å²) in [5.74, 6) is 0. The molecule has 1 saturated heterocycles. The van der Waals surface area contributed by atoms with Gasteiger partial charge in [-0.05, 0) is 20.3 Å². The first kappa shape index (κ1) is 13.8. The Morgan fingerprint density at radius 3 is 2.61 bits per heavy atom. The first-order valence-corrected chi connectivity index (χ1v) is 7.39. The van der Waals surface area contributed by atoms with Crippen molar-refractivity contribution in [3.8, 4) is 0 Å². The van der Waals surface area contributed by atoms with Gasteiger partial charge in [-0.3, -0.25) is 0 Å². The van der Waals surface area contributed by atoms with Gasteiger partial charge in [0.1, 0.15) is 0 Å². The molecule has 2 heterocycles. The van der Waals surface area contributed by atoms with Crippen molar-refractivity contribution < 1.29 is 9.84 Å². The standard InChI is InChI=1S/C13H22N2O2S/c1-4-5-10-11(13(2,3)16)18-12(14-10)15-6-8-17-9-7-15/h16H,4-9H2,1-3H3. The average Bonchev–Trinajstić information content (AvgIpc) is 2.75. The summed E-state index contributed by atoms with van der Waals surface area (Å²) in [7, 11) is 0. The van der Waals surface area contributed by atoms with Crippen molar-refractivity contribution in [2.75, 3.05) is 31.2 Å². The van der Waals surface area contributed by atoms with Crippen molar-refractivity contribution in [1.29, 1.82) is 0 Å². The van der Waals surface area contributed by atoms with Gasteiger partial charge in [-0.15, -0.1) is 0 Å². The molecule has 1 aliphatic rings. The highest BCUT2D eigenvalue weighted by atomic mass is 32.1. The first-order chi connectivity index (χ1) is 8.52. The van der Waals surface area contributed by atoms with E-state index in [-0.39, 0.29) is 0 Å². The molecular formula is C13H22N2O2S. The molecule has 0 bridgehead atoms. The van der Waals surface area contributed by atoms with Crippen molar-refractivity contribution in [1.82, 2.24) is 4.98 Å². The molecule has 1 fully saturated rings. The predicted molar refractivity (Wildman–Crippen MR) is 74.4 cm³/mol. The molecule has 0 aromatic carbocycles. The fraction of sp³-hybridized carbons (Fsp3) is 0.769. The Hall–Kier alpha value is -0.650. The molecule has 0 radical (unpaired) electrons. The number of hydrogen-bond acceptors (Lipinski definition) is 5. The van der Waals surface area contributed by atoms with E-state index in [1.165, 1.54) is 0 Å². The zero-order valence-corrected chi connectivity index (χ0v) is 12.2.